The van der Waals surface area contributed by atoms with Crippen molar-refractivity contribution in [2.45, 2.75) is 0 Å². The molecule has 0 saturated heterocycles. The summed E-state index contributed by atoms with van der Waals surface area (Å²) in [5.74, 6) is -0.204. The number of amides is 1. The highest BCUT2D eigenvalue weighted by molar-refractivity contribution is 9.10. The zero-order chi connectivity index (χ0) is 13.1. The number of halogens is 2. The Bertz CT molecular complexity index is 601. The number of nitrogens with one attached hydrogen (secondary N) is 1. The molecule has 0 aliphatic rings. The Balaban J connectivity index is 2.21. The predicted octanol–water partition coefficient (Wildman–Crippen LogP) is 4.06. The van der Waals surface area contributed by atoms with E-state index in [2.05, 4.69) is 21.2 Å². The van der Waals surface area contributed by atoms with Crippen LogP contribution in [0.4, 0.5) is 5.69 Å². The second-order valence-corrected chi connectivity index (χ2v) is 4.95. The molecule has 0 atom stereocenters. The van der Waals surface area contributed by atoms with Gasteiger partial charge >= 0.3 is 0 Å². The van der Waals surface area contributed by atoms with Gasteiger partial charge in [0.15, 0.2) is 0 Å². The molecule has 0 saturated carbocycles. The molecule has 5 heteroatoms. The van der Waals surface area contributed by atoms with Crippen LogP contribution in [0.15, 0.2) is 46.9 Å². The van der Waals surface area contributed by atoms with Crippen molar-refractivity contribution in [2.75, 3.05) is 5.32 Å². The highest BCUT2D eigenvalue weighted by atomic mass is 79.9. The second-order valence-electron chi connectivity index (χ2n) is 3.63. The average Bonchev–Trinajstić information content (AvgIpc) is 2.32. The van der Waals surface area contributed by atoms with Crippen LogP contribution in [0.3, 0.4) is 0 Å². The summed E-state index contributed by atoms with van der Waals surface area (Å²) in [5.41, 5.74) is 0.980. The van der Waals surface area contributed by atoms with Gasteiger partial charge in [-0.2, -0.15) is 0 Å². The molecule has 0 unspecified atom stereocenters. The minimum absolute atomic E-state index is 0.0560. The fourth-order valence-electron chi connectivity index (χ4n) is 1.43. The van der Waals surface area contributed by atoms with Crippen molar-refractivity contribution in [3.05, 3.63) is 57.5 Å². The topological polar surface area (TPSA) is 49.3 Å². The van der Waals surface area contributed by atoms with E-state index in [0.29, 0.717) is 16.3 Å². The molecule has 92 valence electrons. The van der Waals surface area contributed by atoms with E-state index in [4.69, 9.17) is 11.6 Å². The van der Waals surface area contributed by atoms with Crippen molar-refractivity contribution in [1.82, 2.24) is 0 Å². The van der Waals surface area contributed by atoms with Gasteiger partial charge in [-0.1, -0.05) is 33.6 Å². The zero-order valence-corrected chi connectivity index (χ0v) is 11.5. The van der Waals surface area contributed by atoms with Crippen LogP contribution in [0.5, 0.6) is 5.75 Å². The van der Waals surface area contributed by atoms with Gasteiger partial charge in [0.05, 0.1) is 10.7 Å². The van der Waals surface area contributed by atoms with E-state index in [-0.39, 0.29) is 11.7 Å². The highest BCUT2D eigenvalue weighted by Gasteiger charge is 2.09. The maximum absolute atomic E-state index is 12.0. The van der Waals surface area contributed by atoms with Crippen LogP contribution in [-0.4, -0.2) is 11.0 Å². The summed E-state index contributed by atoms with van der Waals surface area (Å²) >= 11 is 9.21. The van der Waals surface area contributed by atoms with Crippen molar-refractivity contribution < 1.29 is 9.90 Å². The molecule has 0 heterocycles. The molecule has 18 heavy (non-hydrogen) atoms. The van der Waals surface area contributed by atoms with Gasteiger partial charge in [0, 0.05) is 16.1 Å². The first kappa shape index (κ1) is 12.9. The number of hydrogen-bond acceptors (Lipinski definition) is 2. The molecule has 2 N–H and O–H groups in total. The van der Waals surface area contributed by atoms with Gasteiger partial charge in [-0.25, -0.2) is 0 Å². The normalized spacial score (nSPS) is 10.1. The van der Waals surface area contributed by atoms with Crippen molar-refractivity contribution in [1.29, 1.82) is 0 Å². The molecule has 0 aliphatic heterocycles. The minimum Gasteiger partial charge on any atom is -0.508 e. The number of carbonyl (C=O) groups excluding carboxylic acids is 1. The Kier molecular flexibility index (Phi) is 3.89. The van der Waals surface area contributed by atoms with Gasteiger partial charge in [0.25, 0.3) is 5.91 Å². The number of anilines is 1. The predicted molar refractivity (Wildman–Crippen MR) is 75.2 cm³/mol. The maximum atomic E-state index is 12.0. The van der Waals surface area contributed by atoms with Gasteiger partial charge in [-0.3, -0.25) is 4.79 Å². The highest BCUT2D eigenvalue weighted by Crippen LogP contribution is 2.26. The van der Waals surface area contributed by atoms with E-state index >= 15 is 0 Å². The number of carbonyl (C=O) groups is 1. The molecule has 2 aromatic rings. The quantitative estimate of drug-likeness (QED) is 0.818. The van der Waals surface area contributed by atoms with E-state index in [1.807, 2.05) is 6.07 Å². The first-order chi connectivity index (χ1) is 8.56. The third-order valence-corrected chi connectivity index (χ3v) is 3.09. The van der Waals surface area contributed by atoms with E-state index in [1.165, 1.54) is 12.1 Å². The fourth-order valence-corrected chi connectivity index (χ4v) is 2.05. The molecular weight excluding hydrogens is 318 g/mol. The van der Waals surface area contributed by atoms with E-state index in [0.717, 1.165) is 4.47 Å². The lowest BCUT2D eigenvalue weighted by atomic mass is 10.2. The SMILES string of the molecule is O=C(Nc1ccc(O)cc1Cl)c1cccc(Br)c1. The first-order valence-electron chi connectivity index (χ1n) is 5.12. The molecule has 2 aromatic carbocycles. The molecular formula is C13H9BrClNO2. The summed E-state index contributed by atoms with van der Waals surface area (Å²) < 4.78 is 0.826. The minimum atomic E-state index is -0.260. The molecule has 0 radical (unpaired) electrons. The maximum Gasteiger partial charge on any atom is 0.255 e. The molecule has 0 aliphatic carbocycles. The van der Waals surface area contributed by atoms with Gasteiger partial charge < -0.3 is 10.4 Å². The van der Waals surface area contributed by atoms with Crippen LogP contribution in [0, 0.1) is 0 Å². The summed E-state index contributed by atoms with van der Waals surface area (Å²) in [7, 11) is 0. The first-order valence-corrected chi connectivity index (χ1v) is 6.29. The van der Waals surface area contributed by atoms with Gasteiger partial charge in [0.2, 0.25) is 0 Å². The number of hydrogen-bond donors (Lipinski definition) is 2. The third-order valence-electron chi connectivity index (χ3n) is 2.29. The lowest BCUT2D eigenvalue weighted by Gasteiger charge is -2.07. The van der Waals surface area contributed by atoms with Crippen LogP contribution < -0.4 is 5.32 Å². The molecule has 0 aromatic heterocycles. The summed E-state index contributed by atoms with van der Waals surface area (Å²) in [6.45, 7) is 0. The summed E-state index contributed by atoms with van der Waals surface area (Å²) in [4.78, 5) is 12.0. The van der Waals surface area contributed by atoms with Crippen LogP contribution in [0.2, 0.25) is 5.02 Å². The van der Waals surface area contributed by atoms with Gasteiger partial charge in [0.1, 0.15) is 5.75 Å². The largest absolute Gasteiger partial charge is 0.508 e. The Labute approximate surface area is 118 Å². The average molecular weight is 327 g/mol. The standard InChI is InChI=1S/C13H9BrClNO2/c14-9-3-1-2-8(6-9)13(18)16-12-5-4-10(17)7-11(12)15/h1-7,17H,(H,16,18). The summed E-state index contributed by atoms with van der Waals surface area (Å²) in [6, 6.07) is 11.4. The fraction of sp³-hybridized carbons (Fsp3) is 0. The summed E-state index contributed by atoms with van der Waals surface area (Å²) in [5, 5.41) is 12.2. The van der Waals surface area contributed by atoms with E-state index in [9.17, 15) is 9.90 Å². The van der Waals surface area contributed by atoms with E-state index in [1.54, 1.807) is 24.3 Å². The number of benzene rings is 2. The molecule has 0 spiro atoms. The van der Waals surface area contributed by atoms with E-state index < -0.39 is 0 Å². The Morgan fingerprint density at radius 1 is 1.22 bits per heavy atom. The van der Waals surface area contributed by atoms with Crippen molar-refractivity contribution >= 4 is 39.1 Å². The number of phenolic OH excluding ortho intramolecular Hbond substituents is 1. The number of aromatic hydroxyl groups is 1. The third kappa shape index (κ3) is 3.03. The van der Waals surface area contributed by atoms with Crippen LogP contribution >= 0.6 is 27.5 Å². The van der Waals surface area contributed by atoms with Crippen LogP contribution in [0.25, 0.3) is 0 Å². The van der Waals surface area contributed by atoms with Gasteiger partial charge in [-0.15, -0.1) is 0 Å². The zero-order valence-electron chi connectivity index (χ0n) is 9.15. The lowest BCUT2D eigenvalue weighted by Crippen LogP contribution is -2.12. The second kappa shape index (κ2) is 5.42. The monoisotopic (exact) mass is 325 g/mol. The smallest absolute Gasteiger partial charge is 0.255 e. The Morgan fingerprint density at radius 3 is 2.67 bits per heavy atom. The van der Waals surface area contributed by atoms with Crippen LogP contribution in [-0.2, 0) is 0 Å². The van der Waals surface area contributed by atoms with Gasteiger partial charge in [-0.05, 0) is 30.3 Å². The van der Waals surface area contributed by atoms with Crippen molar-refractivity contribution in [3.8, 4) is 5.75 Å². The summed E-state index contributed by atoms with van der Waals surface area (Å²) in [6.07, 6.45) is 0. The van der Waals surface area contributed by atoms with Crippen molar-refractivity contribution in [2.24, 2.45) is 0 Å². The van der Waals surface area contributed by atoms with Crippen molar-refractivity contribution in [3.63, 3.8) is 0 Å². The molecule has 2 rings (SSSR count). The Hall–Kier alpha value is -1.52. The number of rotatable bonds is 2. The number of phenols is 1. The molecule has 0 bridgehead atoms. The molecule has 1 amide bonds. The Morgan fingerprint density at radius 2 is 2.00 bits per heavy atom. The molecule has 3 nitrogen and oxygen atoms in total. The van der Waals surface area contributed by atoms with Crippen LogP contribution in [0.1, 0.15) is 10.4 Å². The molecule has 0 fully saturated rings. The lowest BCUT2D eigenvalue weighted by molar-refractivity contribution is 0.102.